The third-order valence-electron chi connectivity index (χ3n) is 2.43. The smallest absolute Gasteiger partial charge is 0.409 e. The second-order valence-corrected chi connectivity index (χ2v) is 3.41. The van der Waals surface area contributed by atoms with E-state index in [2.05, 4.69) is 9.74 Å². The summed E-state index contributed by atoms with van der Waals surface area (Å²) < 4.78 is 4.92. The van der Waals surface area contributed by atoms with E-state index in [1.54, 1.807) is 4.90 Å². The van der Waals surface area contributed by atoms with Crippen LogP contribution in [0.2, 0.25) is 0 Å². The molecule has 1 aliphatic heterocycles. The number of carbonyl (C=O) groups excluding carboxylic acids is 1. The van der Waals surface area contributed by atoms with Crippen LogP contribution in [-0.4, -0.2) is 61.8 Å². The summed E-state index contributed by atoms with van der Waals surface area (Å²) in [5.74, 6) is 0. The predicted octanol–water partition coefficient (Wildman–Crippen LogP) is 0.680. The Labute approximate surface area is 90.4 Å². The first-order valence-corrected chi connectivity index (χ1v) is 5.25. The highest BCUT2D eigenvalue weighted by Gasteiger charge is 2.21. The van der Waals surface area contributed by atoms with E-state index in [4.69, 9.17) is 11.3 Å². The number of rotatable bonds is 3. The number of ether oxygens (including phenoxy) is 1. The maximum absolute atomic E-state index is 11.4. The van der Waals surface area contributed by atoms with Crippen molar-refractivity contribution in [2.75, 3.05) is 45.9 Å². The zero-order valence-corrected chi connectivity index (χ0v) is 9.11. The van der Waals surface area contributed by atoms with E-state index in [0.29, 0.717) is 26.2 Å². The molecule has 0 aromatic carbocycles. The molecule has 0 bridgehead atoms. The van der Waals surface area contributed by atoms with Gasteiger partial charge in [-0.25, -0.2) is 11.4 Å². The second kappa shape index (κ2) is 6.25. The standard InChI is InChI=1S/C10H17N3O2/c1-3-15-10(14)13-8-6-12(7-9-13)5-4-11-2/h3-9H2,1H3. The molecule has 0 radical (unpaired) electrons. The number of hydrogen-bond acceptors (Lipinski definition) is 3. The molecular formula is C10H17N3O2. The molecule has 0 aromatic rings. The Bertz CT molecular complexity index is 242. The fraction of sp³-hybridized carbons (Fsp3) is 0.800. The van der Waals surface area contributed by atoms with Gasteiger partial charge in [-0.2, -0.15) is 0 Å². The van der Waals surface area contributed by atoms with Gasteiger partial charge in [0.2, 0.25) is 6.54 Å². The minimum absolute atomic E-state index is 0.220. The topological polar surface area (TPSA) is 37.1 Å². The van der Waals surface area contributed by atoms with Crippen molar-refractivity contribution in [2.24, 2.45) is 0 Å². The zero-order valence-electron chi connectivity index (χ0n) is 9.11. The lowest BCUT2D eigenvalue weighted by Crippen LogP contribution is -2.49. The quantitative estimate of drug-likeness (QED) is 0.644. The summed E-state index contributed by atoms with van der Waals surface area (Å²) in [4.78, 5) is 18.6. The molecule has 1 fully saturated rings. The summed E-state index contributed by atoms with van der Waals surface area (Å²) in [6.07, 6.45) is -0.220. The lowest BCUT2D eigenvalue weighted by Gasteiger charge is -2.32. The van der Waals surface area contributed by atoms with Gasteiger partial charge in [-0.15, -0.1) is 0 Å². The molecule has 1 heterocycles. The fourth-order valence-electron chi connectivity index (χ4n) is 1.56. The molecule has 84 valence electrons. The fourth-order valence-corrected chi connectivity index (χ4v) is 1.56. The van der Waals surface area contributed by atoms with Gasteiger partial charge in [0.15, 0.2) is 0 Å². The molecule has 15 heavy (non-hydrogen) atoms. The minimum Gasteiger partial charge on any atom is -0.450 e. The van der Waals surface area contributed by atoms with Crippen molar-refractivity contribution >= 4 is 6.09 Å². The third-order valence-corrected chi connectivity index (χ3v) is 2.43. The summed E-state index contributed by atoms with van der Waals surface area (Å²) in [6, 6.07) is 0. The summed E-state index contributed by atoms with van der Waals surface area (Å²) in [7, 11) is 0. The van der Waals surface area contributed by atoms with Crippen molar-refractivity contribution in [3.63, 3.8) is 0 Å². The van der Waals surface area contributed by atoms with Crippen LogP contribution in [0.25, 0.3) is 4.85 Å². The van der Waals surface area contributed by atoms with Gasteiger partial charge in [-0.05, 0) is 6.92 Å². The highest BCUT2D eigenvalue weighted by Crippen LogP contribution is 2.03. The largest absolute Gasteiger partial charge is 0.450 e. The van der Waals surface area contributed by atoms with E-state index < -0.39 is 0 Å². The maximum atomic E-state index is 11.4. The summed E-state index contributed by atoms with van der Waals surface area (Å²) in [6.45, 7) is 13.4. The van der Waals surface area contributed by atoms with Gasteiger partial charge in [0.05, 0.1) is 13.2 Å². The van der Waals surface area contributed by atoms with Crippen LogP contribution in [0.3, 0.4) is 0 Å². The molecular weight excluding hydrogens is 194 g/mol. The first kappa shape index (κ1) is 11.8. The Kier molecular flexibility index (Phi) is 4.91. The Morgan fingerprint density at radius 1 is 1.40 bits per heavy atom. The molecule has 0 aromatic heterocycles. The molecule has 0 saturated carbocycles. The molecule has 0 N–H and O–H groups in total. The first-order chi connectivity index (χ1) is 7.27. The molecule has 5 heteroatoms. The van der Waals surface area contributed by atoms with Crippen LogP contribution in [-0.2, 0) is 4.74 Å². The molecule has 1 saturated heterocycles. The Hall–Kier alpha value is -1.28. The highest BCUT2D eigenvalue weighted by molar-refractivity contribution is 5.67. The number of amides is 1. The van der Waals surface area contributed by atoms with E-state index in [1.165, 1.54) is 0 Å². The lowest BCUT2D eigenvalue weighted by molar-refractivity contribution is 0.0809. The number of carbonyl (C=O) groups is 1. The van der Waals surface area contributed by atoms with Crippen molar-refractivity contribution < 1.29 is 9.53 Å². The molecule has 0 atom stereocenters. The summed E-state index contributed by atoms with van der Waals surface area (Å²) in [5, 5.41) is 0. The molecule has 0 unspecified atom stereocenters. The highest BCUT2D eigenvalue weighted by atomic mass is 16.6. The average Bonchev–Trinajstić information content (AvgIpc) is 2.27. The van der Waals surface area contributed by atoms with E-state index >= 15 is 0 Å². The van der Waals surface area contributed by atoms with Gasteiger partial charge >= 0.3 is 6.09 Å². The molecule has 0 aliphatic carbocycles. The first-order valence-electron chi connectivity index (χ1n) is 5.25. The van der Waals surface area contributed by atoms with Crippen LogP contribution in [0.4, 0.5) is 4.79 Å². The third kappa shape index (κ3) is 3.76. The molecule has 0 spiro atoms. The van der Waals surface area contributed by atoms with Crippen LogP contribution < -0.4 is 0 Å². The van der Waals surface area contributed by atoms with Crippen LogP contribution in [0, 0.1) is 6.57 Å². The van der Waals surface area contributed by atoms with Gasteiger partial charge in [-0.3, -0.25) is 4.90 Å². The van der Waals surface area contributed by atoms with Gasteiger partial charge in [-0.1, -0.05) is 0 Å². The van der Waals surface area contributed by atoms with Gasteiger partial charge in [0.1, 0.15) is 0 Å². The van der Waals surface area contributed by atoms with E-state index in [1.807, 2.05) is 6.92 Å². The van der Waals surface area contributed by atoms with Gasteiger partial charge < -0.3 is 14.5 Å². The number of nitrogens with zero attached hydrogens (tertiary/aromatic N) is 3. The Morgan fingerprint density at radius 2 is 2.07 bits per heavy atom. The van der Waals surface area contributed by atoms with Crippen LogP contribution >= 0.6 is 0 Å². The van der Waals surface area contributed by atoms with Crippen molar-refractivity contribution in [2.45, 2.75) is 6.92 Å². The second-order valence-electron chi connectivity index (χ2n) is 3.41. The van der Waals surface area contributed by atoms with E-state index in [-0.39, 0.29) is 6.09 Å². The van der Waals surface area contributed by atoms with Crippen LogP contribution in [0.15, 0.2) is 0 Å². The van der Waals surface area contributed by atoms with E-state index in [9.17, 15) is 4.79 Å². The molecule has 5 nitrogen and oxygen atoms in total. The minimum atomic E-state index is -0.220. The molecule has 1 amide bonds. The predicted molar refractivity (Wildman–Crippen MR) is 56.5 cm³/mol. The van der Waals surface area contributed by atoms with Crippen LogP contribution in [0.1, 0.15) is 6.92 Å². The number of hydrogen-bond donors (Lipinski definition) is 0. The van der Waals surface area contributed by atoms with Gasteiger partial charge in [0, 0.05) is 26.2 Å². The Balaban J connectivity index is 2.23. The number of piperazine rings is 1. The van der Waals surface area contributed by atoms with Crippen LogP contribution in [0.5, 0.6) is 0 Å². The SMILES string of the molecule is [C-]#[N+]CCN1CCN(C(=O)OCC)CC1. The Morgan fingerprint density at radius 3 is 2.60 bits per heavy atom. The normalized spacial score (nSPS) is 17.2. The van der Waals surface area contributed by atoms with Crippen molar-refractivity contribution in [3.8, 4) is 0 Å². The average molecular weight is 211 g/mol. The van der Waals surface area contributed by atoms with Gasteiger partial charge in [0.25, 0.3) is 0 Å². The lowest BCUT2D eigenvalue weighted by atomic mass is 10.3. The summed E-state index contributed by atoms with van der Waals surface area (Å²) >= 11 is 0. The maximum Gasteiger partial charge on any atom is 0.409 e. The van der Waals surface area contributed by atoms with Crippen molar-refractivity contribution in [1.29, 1.82) is 0 Å². The van der Waals surface area contributed by atoms with Crippen molar-refractivity contribution in [3.05, 3.63) is 11.4 Å². The monoisotopic (exact) mass is 211 g/mol. The van der Waals surface area contributed by atoms with E-state index in [0.717, 1.165) is 19.6 Å². The van der Waals surface area contributed by atoms with Crippen molar-refractivity contribution in [1.82, 2.24) is 9.80 Å². The molecule has 1 aliphatic rings. The summed E-state index contributed by atoms with van der Waals surface area (Å²) in [5.41, 5.74) is 0. The molecule has 1 rings (SSSR count). The zero-order chi connectivity index (χ0) is 11.1.